The first-order chi connectivity index (χ1) is 13.7. The molecule has 4 rings (SSSR count). The van der Waals surface area contributed by atoms with Crippen molar-refractivity contribution >= 4 is 5.82 Å². The highest BCUT2D eigenvalue weighted by molar-refractivity contribution is 5.50. The highest BCUT2D eigenvalue weighted by atomic mass is 19.4. The van der Waals surface area contributed by atoms with Gasteiger partial charge in [-0.2, -0.15) is 18.3 Å². The minimum atomic E-state index is -4.66. The summed E-state index contributed by atoms with van der Waals surface area (Å²) in [6, 6.07) is 0. The normalized spacial score (nSPS) is 18.2. The molecule has 0 radical (unpaired) electrons. The van der Waals surface area contributed by atoms with Gasteiger partial charge in [-0.15, -0.1) is 0 Å². The Hall–Kier alpha value is -2.40. The van der Waals surface area contributed by atoms with Crippen molar-refractivity contribution in [1.82, 2.24) is 24.6 Å². The molecule has 0 atom stereocenters. The van der Waals surface area contributed by atoms with Crippen LogP contribution in [0.4, 0.5) is 19.0 Å². The number of anilines is 1. The summed E-state index contributed by atoms with van der Waals surface area (Å²) in [5.74, 6) is -0.205. The fourth-order valence-electron chi connectivity index (χ4n) is 4.02. The van der Waals surface area contributed by atoms with Crippen LogP contribution in [0.25, 0.3) is 0 Å². The Kier molecular flexibility index (Phi) is 5.11. The van der Waals surface area contributed by atoms with E-state index in [0.717, 1.165) is 30.2 Å². The molecule has 8 nitrogen and oxygen atoms in total. The van der Waals surface area contributed by atoms with Gasteiger partial charge in [-0.1, -0.05) is 0 Å². The van der Waals surface area contributed by atoms with E-state index >= 15 is 0 Å². The second kappa shape index (κ2) is 7.45. The third-order valence-electron chi connectivity index (χ3n) is 5.42. The van der Waals surface area contributed by atoms with Crippen molar-refractivity contribution in [1.29, 1.82) is 0 Å². The molecular weight excluding hydrogens is 389 g/mol. The number of H-pyrrole nitrogens is 1. The number of halogens is 3. The smallest absolute Gasteiger partial charge is 0.378 e. The van der Waals surface area contributed by atoms with E-state index < -0.39 is 17.6 Å². The van der Waals surface area contributed by atoms with Crippen LogP contribution in [0.2, 0.25) is 0 Å². The number of rotatable bonds is 3. The molecule has 2 aromatic rings. The van der Waals surface area contributed by atoms with Crippen LogP contribution in [0.5, 0.6) is 0 Å². The number of aryl methyl sites for hydroxylation is 2. The molecule has 1 saturated heterocycles. The largest absolute Gasteiger partial charge is 0.449 e. The van der Waals surface area contributed by atoms with Crippen molar-refractivity contribution in [2.75, 3.05) is 37.7 Å². The summed E-state index contributed by atoms with van der Waals surface area (Å²) in [6.45, 7) is 6.15. The standard InChI is InChI=1S/C18H23F3N6O2/c1-11-12(16(25(2)24-11)27-5-7-29-8-6-27)9-26-4-3-14-13(10-26)15(28)23-17(22-14)18(19,20)21/h3-10H2,1-2H3,(H,22,23,28). The number of fused-ring (bicyclic) bond motifs is 1. The summed E-state index contributed by atoms with van der Waals surface area (Å²) in [7, 11) is 1.90. The first kappa shape index (κ1) is 19.9. The Labute approximate surface area is 165 Å². The van der Waals surface area contributed by atoms with Gasteiger partial charge in [0, 0.05) is 51.8 Å². The topological polar surface area (TPSA) is 79.3 Å². The zero-order chi connectivity index (χ0) is 20.8. The summed E-state index contributed by atoms with van der Waals surface area (Å²) in [5.41, 5.74) is 1.78. The van der Waals surface area contributed by atoms with Crippen LogP contribution in [0, 0.1) is 6.92 Å². The van der Waals surface area contributed by atoms with Crippen LogP contribution in [0.3, 0.4) is 0 Å². The highest BCUT2D eigenvalue weighted by Gasteiger charge is 2.36. The summed E-state index contributed by atoms with van der Waals surface area (Å²) >= 11 is 0. The molecule has 1 fully saturated rings. The molecule has 0 spiro atoms. The molecular formula is C18H23F3N6O2. The average Bonchev–Trinajstić information content (AvgIpc) is 2.95. The van der Waals surface area contributed by atoms with E-state index in [1.54, 1.807) is 0 Å². The third-order valence-corrected chi connectivity index (χ3v) is 5.42. The van der Waals surface area contributed by atoms with Gasteiger partial charge in [0.25, 0.3) is 5.56 Å². The second-order valence-electron chi connectivity index (χ2n) is 7.41. The van der Waals surface area contributed by atoms with Gasteiger partial charge < -0.3 is 14.6 Å². The lowest BCUT2D eigenvalue weighted by Crippen LogP contribution is -2.39. The molecule has 0 saturated carbocycles. The van der Waals surface area contributed by atoms with Crippen molar-refractivity contribution in [2.24, 2.45) is 7.05 Å². The monoisotopic (exact) mass is 412 g/mol. The fraction of sp³-hybridized carbons (Fsp3) is 0.611. The van der Waals surface area contributed by atoms with Gasteiger partial charge in [0.1, 0.15) is 5.82 Å². The first-order valence-corrected chi connectivity index (χ1v) is 9.51. The lowest BCUT2D eigenvalue weighted by Gasteiger charge is -2.32. The van der Waals surface area contributed by atoms with Crippen molar-refractivity contribution in [3.63, 3.8) is 0 Å². The molecule has 29 heavy (non-hydrogen) atoms. The van der Waals surface area contributed by atoms with Crippen LogP contribution in [0.1, 0.15) is 28.3 Å². The van der Waals surface area contributed by atoms with Gasteiger partial charge in [-0.05, 0) is 6.92 Å². The number of nitrogens with zero attached hydrogens (tertiary/aromatic N) is 5. The van der Waals surface area contributed by atoms with Crippen LogP contribution in [0.15, 0.2) is 4.79 Å². The molecule has 0 unspecified atom stereocenters. The zero-order valence-electron chi connectivity index (χ0n) is 16.3. The number of ether oxygens (including phenoxy) is 1. The molecule has 0 aliphatic carbocycles. The van der Waals surface area contributed by atoms with Crippen molar-refractivity contribution in [2.45, 2.75) is 32.6 Å². The van der Waals surface area contributed by atoms with E-state index in [1.807, 2.05) is 23.6 Å². The first-order valence-electron chi connectivity index (χ1n) is 9.51. The van der Waals surface area contributed by atoms with E-state index in [4.69, 9.17) is 4.74 Å². The van der Waals surface area contributed by atoms with Crippen molar-refractivity contribution in [3.8, 4) is 0 Å². The molecule has 158 valence electrons. The lowest BCUT2D eigenvalue weighted by atomic mass is 10.1. The number of aromatic nitrogens is 4. The predicted molar refractivity (Wildman–Crippen MR) is 98.7 cm³/mol. The fourth-order valence-corrected chi connectivity index (χ4v) is 4.02. The number of hydrogen-bond acceptors (Lipinski definition) is 6. The van der Waals surface area contributed by atoms with Crippen LogP contribution in [-0.4, -0.2) is 57.5 Å². The minimum Gasteiger partial charge on any atom is -0.378 e. The molecule has 0 bridgehead atoms. The highest BCUT2D eigenvalue weighted by Crippen LogP contribution is 2.29. The number of hydrogen-bond donors (Lipinski definition) is 1. The Balaban J connectivity index is 1.58. The van der Waals surface area contributed by atoms with E-state index in [-0.39, 0.29) is 12.2 Å². The van der Waals surface area contributed by atoms with Gasteiger partial charge >= 0.3 is 6.18 Å². The van der Waals surface area contributed by atoms with Crippen molar-refractivity contribution < 1.29 is 17.9 Å². The minimum absolute atomic E-state index is 0.230. The van der Waals surface area contributed by atoms with Gasteiger partial charge in [0.2, 0.25) is 5.82 Å². The van der Waals surface area contributed by atoms with Crippen LogP contribution in [-0.2, 0) is 37.5 Å². The molecule has 4 heterocycles. The Morgan fingerprint density at radius 3 is 2.62 bits per heavy atom. The third kappa shape index (κ3) is 3.88. The molecule has 1 N–H and O–H groups in total. The lowest BCUT2D eigenvalue weighted by molar-refractivity contribution is -0.145. The summed E-state index contributed by atoms with van der Waals surface area (Å²) in [6.07, 6.45) is -4.36. The Morgan fingerprint density at radius 1 is 1.21 bits per heavy atom. The van der Waals surface area contributed by atoms with Gasteiger partial charge in [0.15, 0.2) is 0 Å². The van der Waals surface area contributed by atoms with E-state index in [2.05, 4.69) is 19.9 Å². The second-order valence-corrected chi connectivity index (χ2v) is 7.41. The number of nitrogens with one attached hydrogen (secondary N) is 1. The SMILES string of the molecule is Cc1nn(C)c(N2CCOCC2)c1CN1CCc2nc(C(F)(F)F)[nH]c(=O)c2C1. The van der Waals surface area contributed by atoms with E-state index in [9.17, 15) is 18.0 Å². The van der Waals surface area contributed by atoms with Crippen LogP contribution < -0.4 is 10.5 Å². The van der Waals surface area contributed by atoms with Gasteiger partial charge in [-0.3, -0.25) is 14.4 Å². The quantitative estimate of drug-likeness (QED) is 0.817. The predicted octanol–water partition coefficient (Wildman–Crippen LogP) is 1.23. The zero-order valence-corrected chi connectivity index (χ0v) is 16.3. The van der Waals surface area contributed by atoms with Crippen LogP contribution >= 0.6 is 0 Å². The maximum absolute atomic E-state index is 12.9. The number of morpholine rings is 1. The molecule has 2 aliphatic rings. The maximum atomic E-state index is 12.9. The molecule has 0 amide bonds. The summed E-state index contributed by atoms with van der Waals surface area (Å²) in [5, 5.41) is 4.55. The Morgan fingerprint density at radius 2 is 1.93 bits per heavy atom. The summed E-state index contributed by atoms with van der Waals surface area (Å²) in [4.78, 5) is 22.1. The summed E-state index contributed by atoms with van der Waals surface area (Å²) < 4.78 is 46.0. The average molecular weight is 412 g/mol. The molecule has 2 aromatic heterocycles. The van der Waals surface area contributed by atoms with Crippen molar-refractivity contribution in [3.05, 3.63) is 38.7 Å². The Bertz CT molecular complexity index is 962. The molecule has 2 aliphatic heterocycles. The molecule has 0 aromatic carbocycles. The van der Waals surface area contributed by atoms with Gasteiger partial charge in [-0.25, -0.2) is 4.98 Å². The van der Waals surface area contributed by atoms with E-state index in [1.165, 1.54) is 0 Å². The molecule has 11 heteroatoms. The van der Waals surface area contributed by atoms with Gasteiger partial charge in [0.05, 0.1) is 30.2 Å². The number of alkyl halides is 3. The maximum Gasteiger partial charge on any atom is 0.449 e. The van der Waals surface area contributed by atoms with E-state index in [0.29, 0.717) is 38.3 Å². The number of aromatic amines is 1.